The highest BCUT2D eigenvalue weighted by atomic mass is 31.2. The first kappa shape index (κ1) is 31.6. The average molecular weight is 654 g/mol. The average Bonchev–Trinajstić information content (AvgIpc) is 3.72. The summed E-state index contributed by atoms with van der Waals surface area (Å²) in [5.41, 5.74) is -0.521. The summed E-state index contributed by atoms with van der Waals surface area (Å²) < 4.78 is 36.4. The van der Waals surface area contributed by atoms with Gasteiger partial charge in [0.15, 0.2) is 0 Å². The van der Waals surface area contributed by atoms with E-state index in [1.165, 1.54) is 21.1 Å². The third-order valence-electron chi connectivity index (χ3n) is 9.00. The molecule has 0 radical (unpaired) electrons. The second kappa shape index (κ2) is 12.8. The monoisotopic (exact) mass is 653 g/mol. The number of nitrogens with one attached hydrogen (secondary N) is 1. The Bertz CT molecular complexity index is 1620. The van der Waals surface area contributed by atoms with E-state index in [1.807, 2.05) is 0 Å². The second-order valence-corrected chi connectivity index (χ2v) is 21.5. The van der Waals surface area contributed by atoms with Gasteiger partial charge in [-0.1, -0.05) is 77.6 Å². The molecule has 6 atom stereocenters. The van der Waals surface area contributed by atoms with E-state index in [-0.39, 0.29) is 12.1 Å². The summed E-state index contributed by atoms with van der Waals surface area (Å²) in [4.78, 5) is 27.1. The van der Waals surface area contributed by atoms with Crippen LogP contribution in [0.3, 0.4) is 0 Å². The normalized spacial score (nSPS) is 27.7. The molecule has 3 aliphatic rings. The highest BCUT2D eigenvalue weighted by Crippen LogP contribution is 2.59. The maximum Gasteiger partial charge on any atom is 0.330 e. The Labute approximate surface area is 260 Å². The van der Waals surface area contributed by atoms with Gasteiger partial charge in [-0.2, -0.15) is 0 Å². The molecule has 12 heteroatoms. The molecule has 3 fully saturated rings. The number of fused-ring (bicyclic) bond motifs is 1. The van der Waals surface area contributed by atoms with Gasteiger partial charge in [0.25, 0.3) is 14.1 Å². The SMILES string of the molecule is Cc1cn([C@H]2CC(OP3O[C@@H](C[Si](C)(c4ccccc4)c4ccccc4)[C@H]4CCCN43)[C@@H](/C=C/P(C)(C)=O)O2)c(=O)[nH]c1=O. The summed E-state index contributed by atoms with van der Waals surface area (Å²) in [6.07, 6.45) is 4.33. The van der Waals surface area contributed by atoms with Crippen LogP contribution in [-0.2, 0) is 18.3 Å². The van der Waals surface area contributed by atoms with Gasteiger partial charge >= 0.3 is 5.69 Å². The van der Waals surface area contributed by atoms with Crippen molar-refractivity contribution in [3.05, 3.63) is 105 Å². The molecule has 4 heterocycles. The van der Waals surface area contributed by atoms with Crippen LogP contribution in [0.15, 0.2) is 88.3 Å². The molecule has 6 rings (SSSR count). The molecule has 44 heavy (non-hydrogen) atoms. The number of aromatic nitrogens is 2. The smallest absolute Gasteiger partial charge is 0.330 e. The molecule has 2 aromatic carbocycles. The number of aromatic amines is 1. The number of rotatable bonds is 9. The zero-order valence-corrected chi connectivity index (χ0v) is 28.5. The van der Waals surface area contributed by atoms with E-state index in [1.54, 1.807) is 32.1 Å². The van der Waals surface area contributed by atoms with Gasteiger partial charge in [-0.25, -0.2) is 9.46 Å². The lowest BCUT2D eigenvalue weighted by molar-refractivity contribution is 0.00711. The number of nitrogens with zero attached hydrogens (tertiary/aromatic N) is 2. The van der Waals surface area contributed by atoms with Crippen LogP contribution in [-0.4, -0.2) is 66.5 Å². The highest BCUT2D eigenvalue weighted by molar-refractivity contribution is 7.65. The maximum atomic E-state index is 12.7. The zero-order chi connectivity index (χ0) is 31.1. The van der Waals surface area contributed by atoms with Crippen LogP contribution in [0.4, 0.5) is 0 Å². The van der Waals surface area contributed by atoms with Crippen molar-refractivity contribution in [2.75, 3.05) is 19.9 Å². The van der Waals surface area contributed by atoms with Gasteiger partial charge in [0.2, 0.25) is 0 Å². The number of hydrogen-bond donors (Lipinski definition) is 1. The first-order chi connectivity index (χ1) is 21.0. The fourth-order valence-electron chi connectivity index (χ4n) is 6.60. The van der Waals surface area contributed by atoms with E-state index in [0.29, 0.717) is 12.0 Å². The molecule has 0 spiro atoms. The standard InChI is InChI=1S/C32H41N3O6P2Si/c1-23-21-34(32(37)33-31(23)36)30-20-28(27(39-30)17-19-43(2,3)38)40-42-35-18-11-16-26(35)29(41-42)22-44(4,24-12-7-5-8-13-24)25-14-9-6-10-15-25/h5-10,12-15,17,19,21,26-30H,11,16,18,20,22H2,1-4H3,(H,33,36,37)/b19-17+/t26-,27-,28?,29+,30-,42?/m1/s1. The summed E-state index contributed by atoms with van der Waals surface area (Å²) in [6, 6.07) is 22.9. The minimum absolute atomic E-state index is 0.0313. The lowest BCUT2D eigenvalue weighted by atomic mass is 10.1. The van der Waals surface area contributed by atoms with Crippen molar-refractivity contribution in [1.82, 2.24) is 14.2 Å². The molecule has 0 amide bonds. The topological polar surface area (TPSA) is 103 Å². The summed E-state index contributed by atoms with van der Waals surface area (Å²) in [5, 5.41) is 2.78. The minimum atomic E-state index is -2.47. The number of benzene rings is 2. The van der Waals surface area contributed by atoms with E-state index >= 15 is 0 Å². The van der Waals surface area contributed by atoms with E-state index in [2.05, 4.69) is 76.9 Å². The fourth-order valence-corrected chi connectivity index (χ4v) is 13.1. The third-order valence-corrected chi connectivity index (χ3v) is 16.1. The first-order valence-corrected chi connectivity index (χ1v) is 21.8. The van der Waals surface area contributed by atoms with Crippen molar-refractivity contribution in [3.63, 3.8) is 0 Å². The Balaban J connectivity index is 1.26. The van der Waals surface area contributed by atoms with Crippen molar-refractivity contribution < 1.29 is 18.3 Å². The Hall–Kier alpha value is -2.42. The number of ether oxygens (including phenoxy) is 1. The molecule has 3 saturated heterocycles. The molecule has 3 aliphatic heterocycles. The van der Waals surface area contributed by atoms with E-state index in [4.69, 9.17) is 13.8 Å². The Morgan fingerprint density at radius 1 is 1.09 bits per heavy atom. The van der Waals surface area contributed by atoms with Crippen molar-refractivity contribution in [2.24, 2.45) is 0 Å². The Kier molecular flexibility index (Phi) is 9.15. The number of H-pyrrole nitrogens is 1. The molecular formula is C32H41N3O6P2Si. The fraction of sp³-hybridized carbons (Fsp3) is 0.438. The minimum Gasteiger partial charge on any atom is -0.348 e. The van der Waals surface area contributed by atoms with Crippen LogP contribution in [0, 0.1) is 6.92 Å². The lowest BCUT2D eigenvalue weighted by Crippen LogP contribution is -2.58. The van der Waals surface area contributed by atoms with Gasteiger partial charge in [-0.3, -0.25) is 14.3 Å². The molecular weight excluding hydrogens is 612 g/mol. The zero-order valence-electron chi connectivity index (χ0n) is 25.7. The molecule has 2 unspecified atom stereocenters. The van der Waals surface area contributed by atoms with Crippen LogP contribution >= 0.6 is 15.7 Å². The predicted octanol–water partition coefficient (Wildman–Crippen LogP) is 4.64. The quantitative estimate of drug-likeness (QED) is 0.265. The van der Waals surface area contributed by atoms with E-state index < -0.39 is 53.4 Å². The van der Waals surface area contributed by atoms with Crippen LogP contribution in [0.2, 0.25) is 12.6 Å². The summed E-state index contributed by atoms with van der Waals surface area (Å²) in [6.45, 7) is 8.41. The Morgan fingerprint density at radius 2 is 1.75 bits per heavy atom. The van der Waals surface area contributed by atoms with Gasteiger partial charge in [0.1, 0.15) is 27.5 Å². The van der Waals surface area contributed by atoms with E-state index in [0.717, 1.165) is 25.4 Å². The van der Waals surface area contributed by atoms with Gasteiger partial charge in [-0.05, 0) is 51.0 Å². The second-order valence-electron chi connectivity index (χ2n) is 12.7. The van der Waals surface area contributed by atoms with Crippen molar-refractivity contribution in [2.45, 2.75) is 69.4 Å². The molecule has 0 bridgehead atoms. The molecule has 3 aromatic rings. The van der Waals surface area contributed by atoms with Gasteiger partial charge < -0.3 is 18.3 Å². The molecule has 1 N–H and O–H groups in total. The maximum absolute atomic E-state index is 12.7. The summed E-state index contributed by atoms with van der Waals surface area (Å²) in [5.74, 6) is 1.69. The van der Waals surface area contributed by atoms with Crippen molar-refractivity contribution >= 4 is 34.1 Å². The van der Waals surface area contributed by atoms with Gasteiger partial charge in [0, 0.05) is 30.8 Å². The third kappa shape index (κ3) is 6.58. The predicted molar refractivity (Wildman–Crippen MR) is 178 cm³/mol. The lowest BCUT2D eigenvalue weighted by Gasteiger charge is -2.32. The van der Waals surface area contributed by atoms with Crippen LogP contribution in [0.5, 0.6) is 0 Å². The van der Waals surface area contributed by atoms with Crippen molar-refractivity contribution in [1.29, 1.82) is 0 Å². The molecule has 1 aromatic heterocycles. The van der Waals surface area contributed by atoms with E-state index in [9.17, 15) is 14.2 Å². The Morgan fingerprint density at radius 3 is 2.39 bits per heavy atom. The molecule has 9 nitrogen and oxygen atoms in total. The van der Waals surface area contributed by atoms with Crippen LogP contribution in [0.1, 0.15) is 31.1 Å². The molecule has 0 saturated carbocycles. The van der Waals surface area contributed by atoms with Gasteiger partial charge in [0.05, 0.1) is 12.2 Å². The number of hydrogen-bond acceptors (Lipinski definition) is 7. The molecule has 0 aliphatic carbocycles. The van der Waals surface area contributed by atoms with Crippen LogP contribution < -0.4 is 21.6 Å². The first-order valence-electron chi connectivity index (χ1n) is 15.2. The van der Waals surface area contributed by atoms with Crippen molar-refractivity contribution in [3.8, 4) is 0 Å². The van der Waals surface area contributed by atoms with Gasteiger partial charge in [-0.15, -0.1) is 0 Å². The van der Waals surface area contributed by atoms with Crippen LogP contribution in [0.25, 0.3) is 0 Å². The summed E-state index contributed by atoms with van der Waals surface area (Å²) in [7, 11) is -5.99. The summed E-state index contributed by atoms with van der Waals surface area (Å²) >= 11 is 0. The molecule has 234 valence electrons. The number of aryl methyl sites for hydroxylation is 1. The largest absolute Gasteiger partial charge is 0.348 e. The highest BCUT2D eigenvalue weighted by Gasteiger charge is 2.51.